The second kappa shape index (κ2) is 9.08. The first-order chi connectivity index (χ1) is 18.3. The van der Waals surface area contributed by atoms with E-state index in [1.54, 1.807) is 0 Å². The van der Waals surface area contributed by atoms with Crippen molar-refractivity contribution >= 4 is 32.3 Å². The zero-order valence-electron chi connectivity index (χ0n) is 20.6. The van der Waals surface area contributed by atoms with E-state index in [0.29, 0.717) is 0 Å². The van der Waals surface area contributed by atoms with E-state index >= 15 is 0 Å². The maximum atomic E-state index is 2.39. The van der Waals surface area contributed by atoms with Gasteiger partial charge in [0.1, 0.15) is 0 Å². The number of hydrogen-bond acceptors (Lipinski definition) is 0. The lowest BCUT2D eigenvalue weighted by Gasteiger charge is -2.12. The first-order valence-corrected chi connectivity index (χ1v) is 12.9. The highest BCUT2D eigenvalue weighted by Gasteiger charge is 2.09. The smallest absolute Gasteiger partial charge is 0.00255 e. The van der Waals surface area contributed by atoms with Gasteiger partial charge in [-0.25, -0.2) is 0 Å². The van der Waals surface area contributed by atoms with Gasteiger partial charge in [0.2, 0.25) is 0 Å². The minimum Gasteiger partial charge on any atom is -0.0622 e. The molecule has 0 spiro atoms. The Morgan fingerprint density at radius 2 is 0.649 bits per heavy atom. The van der Waals surface area contributed by atoms with Crippen LogP contribution in [0.25, 0.3) is 54.6 Å². The number of hydrogen-bond donors (Lipinski definition) is 0. The Hall–Kier alpha value is -4.68. The van der Waals surface area contributed by atoms with Crippen molar-refractivity contribution in [1.82, 2.24) is 0 Å². The molecule has 0 atom stereocenters. The fourth-order valence-electron chi connectivity index (χ4n) is 5.60. The molecule has 0 bridgehead atoms. The molecule has 0 heteroatoms. The highest BCUT2D eigenvalue weighted by molar-refractivity contribution is 6.25. The van der Waals surface area contributed by atoms with E-state index in [0.717, 1.165) is 6.42 Å². The third-order valence-electron chi connectivity index (χ3n) is 7.50. The van der Waals surface area contributed by atoms with Crippen LogP contribution in [0.4, 0.5) is 0 Å². The molecule has 0 aliphatic heterocycles. The summed E-state index contributed by atoms with van der Waals surface area (Å²) < 4.78 is 0. The molecule has 0 unspecified atom stereocenters. The van der Waals surface area contributed by atoms with Crippen LogP contribution in [0.3, 0.4) is 0 Å². The van der Waals surface area contributed by atoms with Crippen molar-refractivity contribution in [3.8, 4) is 22.3 Å². The van der Waals surface area contributed by atoms with Crippen LogP contribution in [-0.2, 0) is 6.42 Å². The molecule has 0 saturated heterocycles. The summed E-state index contributed by atoms with van der Waals surface area (Å²) in [5.41, 5.74) is 7.66. The first-order valence-electron chi connectivity index (χ1n) is 12.9. The molecule has 174 valence electrons. The van der Waals surface area contributed by atoms with Gasteiger partial charge in [-0.1, -0.05) is 146 Å². The standard InChI is InChI=1S/C37H26/c1-2-8-28(9-3-1)30-19-21-31(22-20-30)29-17-14-26(15-18-29)24-27-16-23-36-34-12-5-4-10-32(34)33-11-6-7-13-35(33)37(36)25-27/h1-23,25H,24H2. The molecule has 37 heavy (non-hydrogen) atoms. The molecule has 0 nitrogen and oxygen atoms in total. The van der Waals surface area contributed by atoms with Crippen LogP contribution in [0.5, 0.6) is 0 Å². The minimum absolute atomic E-state index is 0.921. The molecule has 0 aliphatic carbocycles. The molecular weight excluding hydrogens is 444 g/mol. The average Bonchev–Trinajstić information content (AvgIpc) is 2.98. The van der Waals surface area contributed by atoms with E-state index in [2.05, 4.69) is 146 Å². The number of benzene rings is 7. The maximum Gasteiger partial charge on any atom is -0.00255 e. The fourth-order valence-corrected chi connectivity index (χ4v) is 5.60. The average molecular weight is 471 g/mol. The van der Waals surface area contributed by atoms with Crippen LogP contribution in [0.15, 0.2) is 146 Å². The summed E-state index contributed by atoms with van der Waals surface area (Å²) in [6.45, 7) is 0. The summed E-state index contributed by atoms with van der Waals surface area (Å²) in [5.74, 6) is 0. The summed E-state index contributed by atoms with van der Waals surface area (Å²) in [4.78, 5) is 0. The molecule has 7 aromatic carbocycles. The molecule has 7 rings (SSSR count). The van der Waals surface area contributed by atoms with Crippen molar-refractivity contribution < 1.29 is 0 Å². The lowest BCUT2D eigenvalue weighted by atomic mass is 9.92. The summed E-state index contributed by atoms with van der Waals surface area (Å²) >= 11 is 0. The second-order valence-electron chi connectivity index (χ2n) is 9.79. The molecule has 0 N–H and O–H groups in total. The van der Waals surface area contributed by atoms with Gasteiger partial charge in [-0.15, -0.1) is 0 Å². The zero-order valence-corrected chi connectivity index (χ0v) is 20.6. The normalized spacial score (nSPS) is 11.4. The summed E-state index contributed by atoms with van der Waals surface area (Å²) in [5, 5.41) is 7.96. The lowest BCUT2D eigenvalue weighted by Crippen LogP contribution is -1.90. The van der Waals surface area contributed by atoms with E-state index < -0.39 is 0 Å². The molecular formula is C37H26. The van der Waals surface area contributed by atoms with Gasteiger partial charge in [0, 0.05) is 0 Å². The fraction of sp³-hybridized carbons (Fsp3) is 0.0270. The van der Waals surface area contributed by atoms with Crippen LogP contribution in [0, 0.1) is 0 Å². The second-order valence-corrected chi connectivity index (χ2v) is 9.79. The molecule has 0 aliphatic rings. The van der Waals surface area contributed by atoms with Gasteiger partial charge in [0.15, 0.2) is 0 Å². The molecule has 0 fully saturated rings. The van der Waals surface area contributed by atoms with E-state index in [1.807, 2.05) is 0 Å². The van der Waals surface area contributed by atoms with Gasteiger partial charge in [0.05, 0.1) is 0 Å². The van der Waals surface area contributed by atoms with Gasteiger partial charge in [-0.2, -0.15) is 0 Å². The van der Waals surface area contributed by atoms with Crippen LogP contribution in [-0.4, -0.2) is 0 Å². The summed E-state index contributed by atoms with van der Waals surface area (Å²) in [6, 6.07) is 53.0. The Labute approximate surface area is 217 Å². The van der Waals surface area contributed by atoms with Crippen LogP contribution in [0.2, 0.25) is 0 Å². The lowest BCUT2D eigenvalue weighted by molar-refractivity contribution is 1.20. The van der Waals surface area contributed by atoms with E-state index in [4.69, 9.17) is 0 Å². The SMILES string of the molecule is c1ccc(-c2ccc(-c3ccc(Cc4ccc5c6ccccc6c6ccccc6c5c4)cc3)cc2)cc1. The molecule has 7 aromatic rings. The Morgan fingerprint density at radius 1 is 0.270 bits per heavy atom. The van der Waals surface area contributed by atoms with Gasteiger partial charge in [0.25, 0.3) is 0 Å². The third kappa shape index (κ3) is 3.97. The monoisotopic (exact) mass is 470 g/mol. The Balaban J connectivity index is 1.19. The largest absolute Gasteiger partial charge is 0.0622 e. The van der Waals surface area contributed by atoms with Crippen LogP contribution in [0.1, 0.15) is 11.1 Å². The number of rotatable bonds is 4. The molecule has 0 amide bonds. The first kappa shape index (κ1) is 21.6. The topological polar surface area (TPSA) is 0 Å². The van der Waals surface area contributed by atoms with Crippen LogP contribution < -0.4 is 0 Å². The van der Waals surface area contributed by atoms with E-state index in [-0.39, 0.29) is 0 Å². The number of fused-ring (bicyclic) bond motifs is 6. The maximum absolute atomic E-state index is 2.39. The zero-order chi connectivity index (χ0) is 24.6. The predicted molar refractivity (Wildman–Crippen MR) is 159 cm³/mol. The quantitative estimate of drug-likeness (QED) is 0.224. The molecule has 0 aromatic heterocycles. The van der Waals surface area contributed by atoms with Crippen molar-refractivity contribution in [3.63, 3.8) is 0 Å². The van der Waals surface area contributed by atoms with E-state index in [9.17, 15) is 0 Å². The van der Waals surface area contributed by atoms with Crippen LogP contribution >= 0.6 is 0 Å². The van der Waals surface area contributed by atoms with Gasteiger partial charge in [-0.05, 0) is 72.1 Å². The van der Waals surface area contributed by atoms with Gasteiger partial charge < -0.3 is 0 Å². The predicted octanol–water partition coefficient (Wildman–Crippen LogP) is 10.1. The van der Waals surface area contributed by atoms with Crippen molar-refractivity contribution in [2.75, 3.05) is 0 Å². The summed E-state index contributed by atoms with van der Waals surface area (Å²) in [7, 11) is 0. The van der Waals surface area contributed by atoms with Gasteiger partial charge in [-0.3, -0.25) is 0 Å². The highest BCUT2D eigenvalue weighted by Crippen LogP contribution is 2.35. The van der Waals surface area contributed by atoms with E-state index in [1.165, 1.54) is 65.7 Å². The highest BCUT2D eigenvalue weighted by atomic mass is 14.1. The molecule has 0 saturated carbocycles. The van der Waals surface area contributed by atoms with Crippen molar-refractivity contribution in [3.05, 3.63) is 157 Å². The minimum atomic E-state index is 0.921. The van der Waals surface area contributed by atoms with Crippen molar-refractivity contribution in [2.45, 2.75) is 6.42 Å². The Kier molecular flexibility index (Phi) is 5.30. The van der Waals surface area contributed by atoms with Gasteiger partial charge >= 0.3 is 0 Å². The van der Waals surface area contributed by atoms with Crippen molar-refractivity contribution in [1.29, 1.82) is 0 Å². The third-order valence-corrected chi connectivity index (χ3v) is 7.50. The molecule has 0 radical (unpaired) electrons. The Bertz CT molecular complexity index is 1820. The van der Waals surface area contributed by atoms with Crippen molar-refractivity contribution in [2.24, 2.45) is 0 Å². The summed E-state index contributed by atoms with van der Waals surface area (Å²) in [6.07, 6.45) is 0.921. The Morgan fingerprint density at radius 3 is 1.19 bits per heavy atom. The molecule has 0 heterocycles.